The van der Waals surface area contributed by atoms with E-state index < -0.39 is 0 Å². The molecule has 0 radical (unpaired) electrons. The smallest absolute Gasteiger partial charge is 0.409 e. The quantitative estimate of drug-likeness (QED) is 0.875. The molecule has 0 atom stereocenters. The Balaban J connectivity index is 1.61. The van der Waals surface area contributed by atoms with Crippen molar-refractivity contribution in [1.29, 1.82) is 0 Å². The molecule has 2 heterocycles. The van der Waals surface area contributed by atoms with Crippen LogP contribution in [0.15, 0.2) is 24.4 Å². The zero-order chi connectivity index (χ0) is 17.1. The molecule has 24 heavy (non-hydrogen) atoms. The lowest BCUT2D eigenvalue weighted by molar-refractivity contribution is 0.0734. The first-order chi connectivity index (χ1) is 11.6. The Bertz CT molecular complexity index is 745. The molecule has 0 saturated carbocycles. The van der Waals surface area contributed by atoms with Gasteiger partial charge in [-0.05, 0) is 26.0 Å². The molecule has 0 bridgehead atoms. The van der Waals surface area contributed by atoms with Crippen molar-refractivity contribution in [2.45, 2.75) is 13.8 Å². The van der Waals surface area contributed by atoms with Crippen molar-refractivity contribution in [1.82, 2.24) is 14.8 Å². The largest absolute Gasteiger partial charge is 0.450 e. The normalized spacial score (nSPS) is 15.7. The van der Waals surface area contributed by atoms with Gasteiger partial charge in [0.15, 0.2) is 5.78 Å². The first-order valence-corrected chi connectivity index (χ1v) is 8.33. The summed E-state index contributed by atoms with van der Waals surface area (Å²) in [7, 11) is 0. The molecule has 0 aliphatic carbocycles. The van der Waals surface area contributed by atoms with Crippen molar-refractivity contribution >= 4 is 22.8 Å². The molecule has 128 valence electrons. The number of fused-ring (bicyclic) bond motifs is 1. The van der Waals surface area contributed by atoms with Crippen LogP contribution in [0.1, 0.15) is 22.8 Å². The van der Waals surface area contributed by atoms with E-state index in [0.29, 0.717) is 39.3 Å². The van der Waals surface area contributed by atoms with Crippen molar-refractivity contribution in [3.05, 3.63) is 35.5 Å². The molecule has 1 N–H and O–H groups in total. The fourth-order valence-electron chi connectivity index (χ4n) is 3.06. The first-order valence-electron chi connectivity index (χ1n) is 8.33. The zero-order valence-corrected chi connectivity index (χ0v) is 14.2. The lowest BCUT2D eigenvalue weighted by Crippen LogP contribution is -2.50. The Morgan fingerprint density at radius 3 is 2.67 bits per heavy atom. The third-order valence-corrected chi connectivity index (χ3v) is 4.40. The molecule has 1 saturated heterocycles. The molecule has 1 amide bonds. The number of aryl methyl sites for hydroxylation is 1. The molecular weight excluding hydrogens is 306 g/mol. The number of benzene rings is 1. The monoisotopic (exact) mass is 329 g/mol. The summed E-state index contributed by atoms with van der Waals surface area (Å²) < 4.78 is 5.01. The van der Waals surface area contributed by atoms with Gasteiger partial charge >= 0.3 is 6.09 Å². The predicted molar refractivity (Wildman–Crippen MR) is 92.4 cm³/mol. The Hall–Kier alpha value is -2.34. The molecule has 1 aliphatic heterocycles. The summed E-state index contributed by atoms with van der Waals surface area (Å²) in [5.74, 6) is 0.108. The molecule has 0 unspecified atom stereocenters. The maximum absolute atomic E-state index is 12.7. The fourth-order valence-corrected chi connectivity index (χ4v) is 3.06. The highest BCUT2D eigenvalue weighted by molar-refractivity contribution is 6.08. The van der Waals surface area contributed by atoms with Gasteiger partial charge in [-0.2, -0.15) is 0 Å². The third-order valence-electron chi connectivity index (χ3n) is 4.40. The number of aromatic amines is 1. The van der Waals surface area contributed by atoms with Gasteiger partial charge in [0.1, 0.15) is 0 Å². The number of carbonyl (C=O) groups excluding carboxylic acids is 2. The highest BCUT2D eigenvalue weighted by atomic mass is 16.6. The summed E-state index contributed by atoms with van der Waals surface area (Å²) in [6, 6.07) is 6.07. The number of amides is 1. The summed E-state index contributed by atoms with van der Waals surface area (Å²) in [5, 5.41) is 0.977. The van der Waals surface area contributed by atoms with Gasteiger partial charge in [0, 0.05) is 48.8 Å². The van der Waals surface area contributed by atoms with Gasteiger partial charge in [-0.15, -0.1) is 0 Å². The van der Waals surface area contributed by atoms with Crippen LogP contribution in [0.25, 0.3) is 10.9 Å². The minimum absolute atomic E-state index is 0.108. The van der Waals surface area contributed by atoms with E-state index in [-0.39, 0.29) is 11.9 Å². The van der Waals surface area contributed by atoms with E-state index in [9.17, 15) is 9.59 Å². The Morgan fingerprint density at radius 2 is 1.96 bits per heavy atom. The van der Waals surface area contributed by atoms with Crippen molar-refractivity contribution in [2.75, 3.05) is 39.3 Å². The van der Waals surface area contributed by atoms with Crippen molar-refractivity contribution in [2.24, 2.45) is 0 Å². The van der Waals surface area contributed by atoms with Gasteiger partial charge in [0.2, 0.25) is 0 Å². The maximum atomic E-state index is 12.7. The molecule has 6 nitrogen and oxygen atoms in total. The predicted octanol–water partition coefficient (Wildman–Crippen LogP) is 2.43. The number of aromatic nitrogens is 1. The fraction of sp³-hybridized carbons (Fsp3) is 0.444. The van der Waals surface area contributed by atoms with Crippen LogP contribution >= 0.6 is 0 Å². The summed E-state index contributed by atoms with van der Waals surface area (Å²) in [5.41, 5.74) is 2.86. The number of rotatable bonds is 4. The molecule has 6 heteroatoms. The number of ketones is 1. The van der Waals surface area contributed by atoms with E-state index in [0.717, 1.165) is 22.0 Å². The lowest BCUT2D eigenvalue weighted by Gasteiger charge is -2.33. The van der Waals surface area contributed by atoms with Crippen LogP contribution in [-0.2, 0) is 4.74 Å². The van der Waals surface area contributed by atoms with E-state index >= 15 is 0 Å². The maximum Gasteiger partial charge on any atom is 0.409 e. The van der Waals surface area contributed by atoms with Crippen LogP contribution in [-0.4, -0.2) is 66.0 Å². The molecule has 1 aliphatic rings. The zero-order valence-electron chi connectivity index (χ0n) is 14.2. The van der Waals surface area contributed by atoms with Gasteiger partial charge in [-0.25, -0.2) is 4.79 Å². The van der Waals surface area contributed by atoms with Crippen molar-refractivity contribution in [3.8, 4) is 0 Å². The van der Waals surface area contributed by atoms with Gasteiger partial charge in [-0.1, -0.05) is 11.6 Å². The number of nitrogens with one attached hydrogen (secondary N) is 1. The summed E-state index contributed by atoms with van der Waals surface area (Å²) in [4.78, 5) is 31.3. The second-order valence-corrected chi connectivity index (χ2v) is 6.14. The van der Waals surface area contributed by atoms with Gasteiger partial charge in [0.25, 0.3) is 0 Å². The number of Topliss-reactive ketones (excluding diaryl/α,β-unsaturated/α-hetero) is 1. The van der Waals surface area contributed by atoms with Gasteiger partial charge in [-0.3, -0.25) is 9.69 Å². The second-order valence-electron chi connectivity index (χ2n) is 6.14. The van der Waals surface area contributed by atoms with Crippen LogP contribution in [0.5, 0.6) is 0 Å². The minimum atomic E-state index is -0.268. The number of H-pyrrole nitrogens is 1. The van der Waals surface area contributed by atoms with E-state index in [1.165, 1.54) is 0 Å². The molecule has 1 aromatic carbocycles. The van der Waals surface area contributed by atoms with Crippen molar-refractivity contribution in [3.63, 3.8) is 0 Å². The Morgan fingerprint density at radius 1 is 1.21 bits per heavy atom. The first kappa shape index (κ1) is 16.5. The standard InChI is InChI=1S/C18H23N3O3/c1-3-24-18(23)21-8-6-20(7-9-21)12-17(22)15-11-19-16-5-4-13(2)10-14(15)16/h4-5,10-11,19H,3,6-9,12H2,1-2H3. The summed E-state index contributed by atoms with van der Waals surface area (Å²) >= 11 is 0. The topological polar surface area (TPSA) is 65.6 Å². The molecule has 1 fully saturated rings. The second kappa shape index (κ2) is 7.05. The van der Waals surface area contributed by atoms with Gasteiger partial charge < -0.3 is 14.6 Å². The van der Waals surface area contributed by atoms with Crippen LogP contribution in [0.4, 0.5) is 4.79 Å². The number of hydrogen-bond acceptors (Lipinski definition) is 4. The molecule has 0 spiro atoms. The van der Waals surface area contributed by atoms with Crippen LogP contribution < -0.4 is 0 Å². The SMILES string of the molecule is CCOC(=O)N1CCN(CC(=O)c2c[nH]c3ccc(C)cc23)CC1. The number of carbonyl (C=O) groups is 2. The molecule has 2 aromatic rings. The highest BCUT2D eigenvalue weighted by Gasteiger charge is 2.24. The van der Waals surface area contributed by atoms with E-state index in [4.69, 9.17) is 4.74 Å². The third kappa shape index (κ3) is 3.43. The average Bonchev–Trinajstić information content (AvgIpc) is 2.98. The molecule has 1 aromatic heterocycles. The van der Waals surface area contributed by atoms with Crippen LogP contribution in [0.3, 0.4) is 0 Å². The Kier molecular flexibility index (Phi) is 4.85. The molecule has 3 rings (SSSR count). The lowest BCUT2D eigenvalue weighted by atomic mass is 10.1. The van der Waals surface area contributed by atoms with Crippen LogP contribution in [0.2, 0.25) is 0 Å². The average molecular weight is 329 g/mol. The summed E-state index contributed by atoms with van der Waals surface area (Å²) in [6.45, 7) is 7.15. The van der Waals surface area contributed by atoms with E-state index in [1.54, 1.807) is 18.0 Å². The van der Waals surface area contributed by atoms with Crippen molar-refractivity contribution < 1.29 is 14.3 Å². The van der Waals surface area contributed by atoms with E-state index in [2.05, 4.69) is 9.88 Å². The number of ether oxygens (including phenoxy) is 1. The minimum Gasteiger partial charge on any atom is -0.450 e. The number of hydrogen-bond donors (Lipinski definition) is 1. The Labute approximate surface area is 141 Å². The van der Waals surface area contributed by atoms with E-state index in [1.807, 2.05) is 25.1 Å². The number of piperazine rings is 1. The molecular formula is C18H23N3O3. The number of nitrogens with zero attached hydrogens (tertiary/aromatic N) is 2. The van der Waals surface area contributed by atoms with Gasteiger partial charge in [0.05, 0.1) is 13.2 Å². The summed E-state index contributed by atoms with van der Waals surface area (Å²) in [6.07, 6.45) is 1.52. The highest BCUT2D eigenvalue weighted by Crippen LogP contribution is 2.20. The van der Waals surface area contributed by atoms with Crippen LogP contribution in [0, 0.1) is 6.92 Å².